The number of nitrogens with zero attached hydrogens (tertiary/aromatic N) is 1. The maximum Gasteiger partial charge on any atom is 0.349 e. The Labute approximate surface area is 245 Å². The molecule has 0 fully saturated rings. The number of hydrogen-bond acceptors (Lipinski definition) is 8. The summed E-state index contributed by atoms with van der Waals surface area (Å²) >= 11 is 3.36. The number of halogens is 1. The molecule has 2 N–H and O–H groups in total. The van der Waals surface area contributed by atoms with Crippen LogP contribution in [0.4, 0.5) is 0 Å². The summed E-state index contributed by atoms with van der Waals surface area (Å²) in [5, 5.41) is 9.94. The predicted octanol–water partition coefficient (Wildman–Crippen LogP) is 6.24. The maximum absolute atomic E-state index is 12.4. The van der Waals surface area contributed by atoms with E-state index in [1.165, 1.54) is 0 Å². The van der Waals surface area contributed by atoms with Crippen molar-refractivity contribution in [3.8, 4) is 34.8 Å². The van der Waals surface area contributed by atoms with Gasteiger partial charge in [-0.25, -0.2) is 4.79 Å². The van der Waals surface area contributed by atoms with Gasteiger partial charge in [0.05, 0.1) is 13.0 Å². The number of benzene rings is 4. The van der Waals surface area contributed by atoms with Gasteiger partial charge >= 0.3 is 5.97 Å². The topological polar surface area (TPSA) is 113 Å². The number of nitrogens with two attached hydrogens (primary N) is 1. The van der Waals surface area contributed by atoms with E-state index < -0.39 is 11.9 Å². The lowest BCUT2D eigenvalue weighted by molar-refractivity contribution is -0.136. The first-order chi connectivity index (χ1) is 19.9. The summed E-state index contributed by atoms with van der Waals surface area (Å²) in [6, 6.07) is 29.5. The minimum atomic E-state index is -0.586. The van der Waals surface area contributed by atoms with Crippen molar-refractivity contribution in [2.45, 2.75) is 12.5 Å². The molecule has 41 heavy (non-hydrogen) atoms. The highest BCUT2D eigenvalue weighted by Gasteiger charge is 2.32. The van der Waals surface area contributed by atoms with E-state index in [1.807, 2.05) is 54.6 Å². The van der Waals surface area contributed by atoms with Crippen LogP contribution in [0.1, 0.15) is 22.6 Å². The van der Waals surface area contributed by atoms with Crippen LogP contribution in [-0.2, 0) is 11.4 Å². The van der Waals surface area contributed by atoms with E-state index >= 15 is 0 Å². The van der Waals surface area contributed by atoms with Gasteiger partial charge < -0.3 is 29.4 Å². The first kappa shape index (κ1) is 27.6. The van der Waals surface area contributed by atoms with Gasteiger partial charge in [0.25, 0.3) is 0 Å². The van der Waals surface area contributed by atoms with Gasteiger partial charge in [-0.05, 0) is 53.6 Å². The van der Waals surface area contributed by atoms with Crippen molar-refractivity contribution in [1.29, 1.82) is 5.26 Å². The molecule has 0 saturated heterocycles. The molecule has 9 heteroatoms. The Morgan fingerprint density at radius 2 is 1.71 bits per heavy atom. The highest BCUT2D eigenvalue weighted by Crippen LogP contribution is 2.45. The Morgan fingerprint density at radius 3 is 2.44 bits per heavy atom. The Balaban J connectivity index is 1.35. The third kappa shape index (κ3) is 6.45. The second-order valence-corrected chi connectivity index (χ2v) is 9.94. The maximum atomic E-state index is 12.4. The van der Waals surface area contributed by atoms with Crippen LogP contribution in [0.2, 0.25) is 0 Å². The number of fused-ring (bicyclic) bond motifs is 1. The van der Waals surface area contributed by atoms with E-state index in [0.29, 0.717) is 35.2 Å². The molecule has 8 nitrogen and oxygen atoms in total. The Morgan fingerprint density at radius 1 is 0.951 bits per heavy atom. The third-order valence-electron chi connectivity index (χ3n) is 6.35. The summed E-state index contributed by atoms with van der Waals surface area (Å²) in [5.74, 6) is 1.08. The molecule has 5 rings (SSSR count). The van der Waals surface area contributed by atoms with Gasteiger partial charge in [-0.3, -0.25) is 0 Å². The summed E-state index contributed by atoms with van der Waals surface area (Å²) in [6.07, 6.45) is 0. The Bertz CT molecular complexity index is 1630. The van der Waals surface area contributed by atoms with Crippen LogP contribution in [0.5, 0.6) is 28.7 Å². The highest BCUT2D eigenvalue weighted by atomic mass is 79.9. The van der Waals surface area contributed by atoms with E-state index in [0.717, 1.165) is 15.6 Å². The fourth-order valence-electron chi connectivity index (χ4n) is 4.39. The first-order valence-electron chi connectivity index (χ1n) is 12.6. The molecule has 1 atom stereocenters. The average molecular weight is 613 g/mol. The van der Waals surface area contributed by atoms with Crippen LogP contribution in [0.25, 0.3) is 0 Å². The first-order valence-corrected chi connectivity index (χ1v) is 13.4. The molecule has 1 unspecified atom stereocenters. The van der Waals surface area contributed by atoms with Crippen molar-refractivity contribution >= 4 is 21.9 Å². The lowest BCUT2D eigenvalue weighted by Gasteiger charge is -2.27. The van der Waals surface area contributed by atoms with Gasteiger partial charge in [-0.1, -0.05) is 58.4 Å². The SMILES string of the molecule is COc1cc(C2C(C#N)=C(N)Oc3cc(OC(=O)COc4ccc(Br)cc4)ccc32)ccc1OCc1ccccc1. The van der Waals surface area contributed by atoms with Crippen molar-refractivity contribution in [1.82, 2.24) is 0 Å². The average Bonchev–Trinajstić information content (AvgIpc) is 2.99. The molecule has 0 spiro atoms. The molecule has 0 aliphatic carbocycles. The fourth-order valence-corrected chi connectivity index (χ4v) is 4.66. The number of rotatable bonds is 9. The zero-order chi connectivity index (χ0) is 28.8. The Hall–Kier alpha value is -4.94. The van der Waals surface area contributed by atoms with Crippen LogP contribution < -0.4 is 29.4 Å². The third-order valence-corrected chi connectivity index (χ3v) is 6.88. The number of nitriles is 1. The second-order valence-electron chi connectivity index (χ2n) is 9.03. The van der Waals surface area contributed by atoms with Crippen molar-refractivity contribution < 1.29 is 28.5 Å². The molecule has 206 valence electrons. The van der Waals surface area contributed by atoms with Gasteiger partial charge in [0.15, 0.2) is 18.1 Å². The number of hydrogen-bond donors (Lipinski definition) is 1. The Kier molecular flexibility index (Phi) is 8.42. The molecule has 1 heterocycles. The smallest absolute Gasteiger partial charge is 0.349 e. The molecule has 0 radical (unpaired) electrons. The van der Waals surface area contributed by atoms with E-state index in [2.05, 4.69) is 22.0 Å². The minimum absolute atomic E-state index is 0.0320. The summed E-state index contributed by atoms with van der Waals surface area (Å²) in [5.41, 5.74) is 8.88. The van der Waals surface area contributed by atoms with Gasteiger partial charge in [0.2, 0.25) is 5.88 Å². The normalized spacial score (nSPS) is 13.8. The molecule has 1 aliphatic heterocycles. The number of carbonyl (C=O) groups is 1. The molecule has 0 saturated carbocycles. The summed E-state index contributed by atoms with van der Waals surface area (Å²) < 4.78 is 29.2. The zero-order valence-electron chi connectivity index (χ0n) is 22.0. The van der Waals surface area contributed by atoms with Gasteiger partial charge in [-0.15, -0.1) is 0 Å². The van der Waals surface area contributed by atoms with Crippen molar-refractivity contribution in [2.24, 2.45) is 5.73 Å². The summed E-state index contributed by atoms with van der Waals surface area (Å²) in [6.45, 7) is 0.101. The fraction of sp³-hybridized carbons (Fsp3) is 0.125. The van der Waals surface area contributed by atoms with E-state index in [-0.39, 0.29) is 23.8 Å². The molecule has 0 aromatic heterocycles. The summed E-state index contributed by atoms with van der Waals surface area (Å²) in [4.78, 5) is 12.4. The van der Waals surface area contributed by atoms with Crippen LogP contribution in [-0.4, -0.2) is 19.7 Å². The monoisotopic (exact) mass is 612 g/mol. The minimum Gasteiger partial charge on any atom is -0.493 e. The molecule has 0 bridgehead atoms. The van der Waals surface area contributed by atoms with Crippen molar-refractivity contribution in [2.75, 3.05) is 13.7 Å². The lowest BCUT2D eigenvalue weighted by Crippen LogP contribution is -2.21. The second kappa shape index (κ2) is 12.5. The largest absolute Gasteiger partial charge is 0.493 e. The number of methoxy groups -OCH3 is 1. The summed E-state index contributed by atoms with van der Waals surface area (Å²) in [7, 11) is 1.56. The molecular formula is C32H25BrN2O6. The number of ether oxygens (including phenoxy) is 5. The van der Waals surface area contributed by atoms with Crippen LogP contribution in [0.3, 0.4) is 0 Å². The number of allylic oxidation sites excluding steroid dienone is 1. The number of carbonyl (C=O) groups excluding carboxylic acids is 1. The zero-order valence-corrected chi connectivity index (χ0v) is 23.6. The van der Waals surface area contributed by atoms with Crippen LogP contribution >= 0.6 is 15.9 Å². The van der Waals surface area contributed by atoms with Gasteiger partial charge in [-0.2, -0.15) is 5.26 Å². The van der Waals surface area contributed by atoms with E-state index in [4.69, 9.17) is 29.4 Å². The number of esters is 1. The molecule has 4 aromatic carbocycles. The predicted molar refractivity (Wildman–Crippen MR) is 155 cm³/mol. The van der Waals surface area contributed by atoms with Crippen molar-refractivity contribution in [3.05, 3.63) is 124 Å². The quantitative estimate of drug-likeness (QED) is 0.174. The van der Waals surface area contributed by atoms with E-state index in [1.54, 1.807) is 43.5 Å². The standard InChI is InChI=1S/C32H25BrN2O6/c1-37-29-15-21(7-14-27(29)39-18-20-5-3-2-4-6-20)31-25-13-12-24(16-28(25)41-32(35)26(31)17-34)40-30(36)19-38-23-10-8-22(33)9-11-23/h2-16,31H,18-19,35H2,1H3. The van der Waals surface area contributed by atoms with Crippen molar-refractivity contribution in [3.63, 3.8) is 0 Å². The molecule has 1 aliphatic rings. The van der Waals surface area contributed by atoms with Gasteiger partial charge in [0, 0.05) is 16.1 Å². The molecule has 0 amide bonds. The van der Waals surface area contributed by atoms with Gasteiger partial charge in [0.1, 0.15) is 35.5 Å². The molecule has 4 aromatic rings. The van der Waals surface area contributed by atoms with Crippen LogP contribution in [0, 0.1) is 11.3 Å². The van der Waals surface area contributed by atoms with Crippen LogP contribution in [0.15, 0.2) is 107 Å². The highest BCUT2D eigenvalue weighted by molar-refractivity contribution is 9.10. The lowest BCUT2D eigenvalue weighted by atomic mass is 9.83. The molecular weight excluding hydrogens is 588 g/mol. The van der Waals surface area contributed by atoms with E-state index in [9.17, 15) is 10.1 Å².